The van der Waals surface area contributed by atoms with Crippen molar-refractivity contribution in [1.82, 2.24) is 4.90 Å². The molecule has 8 nitrogen and oxygen atoms in total. The molecule has 10 heteroatoms. The van der Waals surface area contributed by atoms with E-state index in [1.807, 2.05) is 0 Å². The minimum absolute atomic E-state index is 0.0407. The summed E-state index contributed by atoms with van der Waals surface area (Å²) >= 11 is 0. The molecule has 0 radical (unpaired) electrons. The number of hydrogen-bond donors (Lipinski definition) is 1. The van der Waals surface area contributed by atoms with Crippen LogP contribution in [-0.4, -0.2) is 85.1 Å². The highest BCUT2D eigenvalue weighted by Gasteiger charge is 2.41. The summed E-state index contributed by atoms with van der Waals surface area (Å²) in [7, 11) is -4.16. The molecule has 68 heavy (non-hydrogen) atoms. The predicted molar refractivity (Wildman–Crippen MR) is 300 cm³/mol. The maximum absolute atomic E-state index is 13.5. The highest BCUT2D eigenvalue weighted by molar-refractivity contribution is 6.74. The van der Waals surface area contributed by atoms with Crippen molar-refractivity contribution in [2.75, 3.05) is 39.4 Å². The van der Waals surface area contributed by atoms with Gasteiger partial charge < -0.3 is 24.1 Å². The molecule has 2 N–H and O–H groups in total. The first kappa shape index (κ1) is 67.2. The Morgan fingerprint density at radius 3 is 1.29 bits per heavy atom. The molecule has 0 aromatic heterocycles. The lowest BCUT2D eigenvalue weighted by molar-refractivity contribution is -0.149. The van der Waals surface area contributed by atoms with Crippen LogP contribution >= 0.6 is 0 Å². The van der Waals surface area contributed by atoms with Crippen LogP contribution in [0.15, 0.2) is 0 Å². The lowest BCUT2D eigenvalue weighted by atomic mass is 9.94. The molecule has 0 aromatic carbocycles. The molecule has 0 bridgehead atoms. The first-order chi connectivity index (χ1) is 32.2. The van der Waals surface area contributed by atoms with E-state index in [4.69, 9.17) is 24.1 Å². The van der Waals surface area contributed by atoms with Crippen LogP contribution in [0.3, 0.4) is 0 Å². The van der Waals surface area contributed by atoms with Gasteiger partial charge in [-0.2, -0.15) is 0 Å². The summed E-state index contributed by atoms with van der Waals surface area (Å²) in [5, 5.41) is 0.188. The highest BCUT2D eigenvalue weighted by Crippen LogP contribution is 2.39. The van der Waals surface area contributed by atoms with Crippen molar-refractivity contribution in [2.24, 2.45) is 11.7 Å². The Bertz CT molecular complexity index is 1170. The fraction of sp³-hybridized carbons (Fsp3) is 0.966. The lowest BCUT2D eigenvalue weighted by Crippen LogP contribution is -2.50. The second-order valence-corrected chi connectivity index (χ2v) is 33.5. The van der Waals surface area contributed by atoms with Crippen LogP contribution in [0.4, 0.5) is 0 Å². The van der Waals surface area contributed by atoms with E-state index in [0.29, 0.717) is 26.2 Å². The van der Waals surface area contributed by atoms with Gasteiger partial charge in [-0.3, -0.25) is 14.5 Å². The molecule has 0 aliphatic carbocycles. The molecule has 0 spiro atoms. The molecule has 0 saturated carbocycles. The number of carbonyl (C=O) groups is 2. The van der Waals surface area contributed by atoms with Gasteiger partial charge in [0.05, 0.1) is 31.3 Å². The molecule has 0 amide bonds. The molecular weight excluding hydrogens is 877 g/mol. The fourth-order valence-electron chi connectivity index (χ4n) is 8.69. The molecule has 0 aliphatic heterocycles. The zero-order valence-electron chi connectivity index (χ0n) is 48.1. The van der Waals surface area contributed by atoms with Crippen molar-refractivity contribution in [3.05, 3.63) is 0 Å². The maximum atomic E-state index is 13.5. The largest absolute Gasteiger partial charge is 0.466 e. The van der Waals surface area contributed by atoms with E-state index in [1.165, 1.54) is 109 Å². The van der Waals surface area contributed by atoms with Crippen LogP contribution in [0.5, 0.6) is 0 Å². The van der Waals surface area contributed by atoms with Gasteiger partial charge in [-0.15, -0.1) is 0 Å². The SMILES string of the molecule is CCCCCCCCCCCC(=O)OCCCC(CN(CCCCN)CC(CCCCCOC(=O)C(CCCCCCCC)CCCCCCCC)O[Si](C)(C)C(C)(C)C)O[Si](C)(C)C(C)(C)C. The van der Waals surface area contributed by atoms with E-state index in [9.17, 15) is 9.59 Å². The standard InChI is InChI=1S/C58H120N2O6Si2/c1-14-17-20-23-26-27-28-31-36-45-55(61)63-49-40-44-54(66-68(12,13)58(7,8)9)51-60(47-38-37-46-59)50-53(65-67(10,11)57(4,5)6)43-35-32-39-48-64-56(62)52(41-33-29-24-21-18-15-2)42-34-30-25-22-19-16-3/h52-54H,14-51,59H2,1-13H3. The Labute approximate surface area is 426 Å². The first-order valence-corrected chi connectivity index (χ1v) is 35.2. The lowest BCUT2D eigenvalue weighted by Gasteiger charge is -2.42. The van der Waals surface area contributed by atoms with Gasteiger partial charge in [0.25, 0.3) is 0 Å². The summed E-state index contributed by atoms with van der Waals surface area (Å²) in [4.78, 5) is 28.8. The molecule has 0 aromatic rings. The van der Waals surface area contributed by atoms with Crippen molar-refractivity contribution in [3.63, 3.8) is 0 Å². The Hall–Kier alpha value is -0.786. The third kappa shape index (κ3) is 35.4. The molecule has 2 atom stereocenters. The second-order valence-electron chi connectivity index (χ2n) is 24.0. The van der Waals surface area contributed by atoms with Crippen LogP contribution in [0, 0.1) is 5.92 Å². The Kier molecular flexibility index (Phi) is 40.2. The fourth-order valence-corrected chi connectivity index (χ4v) is 11.4. The maximum Gasteiger partial charge on any atom is 0.308 e. The number of nitrogens with two attached hydrogens (primary N) is 1. The Morgan fingerprint density at radius 1 is 0.471 bits per heavy atom. The summed E-state index contributed by atoms with van der Waals surface area (Å²) in [5.41, 5.74) is 6.05. The number of unbranched alkanes of at least 4 members (excludes halogenated alkanes) is 21. The number of ether oxygens (including phenoxy) is 2. The van der Waals surface area contributed by atoms with Gasteiger partial charge in [0.15, 0.2) is 16.6 Å². The molecular formula is C58H120N2O6Si2. The molecule has 2 unspecified atom stereocenters. The Balaban J connectivity index is 5.71. The van der Waals surface area contributed by atoms with Crippen molar-refractivity contribution in [1.29, 1.82) is 0 Å². The molecule has 0 saturated heterocycles. The molecule has 0 aliphatic rings. The number of esters is 2. The molecule has 0 heterocycles. The number of carbonyl (C=O) groups excluding carboxylic acids is 2. The van der Waals surface area contributed by atoms with Crippen LogP contribution in [0.2, 0.25) is 36.3 Å². The van der Waals surface area contributed by atoms with Crippen molar-refractivity contribution >= 4 is 28.6 Å². The van der Waals surface area contributed by atoms with E-state index >= 15 is 0 Å². The van der Waals surface area contributed by atoms with Gasteiger partial charge in [0, 0.05) is 19.5 Å². The summed E-state index contributed by atoms with van der Waals surface area (Å²) in [6.07, 6.45) is 36.5. The van der Waals surface area contributed by atoms with E-state index in [1.54, 1.807) is 0 Å². The third-order valence-corrected chi connectivity index (χ3v) is 24.4. The van der Waals surface area contributed by atoms with E-state index < -0.39 is 16.6 Å². The monoisotopic (exact) mass is 997 g/mol. The van der Waals surface area contributed by atoms with Crippen LogP contribution in [-0.2, 0) is 27.9 Å². The number of nitrogens with zero attached hydrogens (tertiary/aromatic N) is 1. The van der Waals surface area contributed by atoms with E-state index in [0.717, 1.165) is 110 Å². The second kappa shape index (κ2) is 40.7. The van der Waals surface area contributed by atoms with Crippen molar-refractivity contribution in [2.45, 2.75) is 316 Å². The Morgan fingerprint density at radius 2 is 0.853 bits per heavy atom. The minimum Gasteiger partial charge on any atom is -0.466 e. The van der Waals surface area contributed by atoms with Crippen LogP contribution in [0.25, 0.3) is 0 Å². The first-order valence-electron chi connectivity index (χ1n) is 29.3. The minimum atomic E-state index is -2.09. The molecule has 406 valence electrons. The average molecular weight is 998 g/mol. The van der Waals surface area contributed by atoms with E-state index in [2.05, 4.69) is 93.4 Å². The van der Waals surface area contributed by atoms with Gasteiger partial charge in [0.1, 0.15) is 0 Å². The zero-order chi connectivity index (χ0) is 51.2. The van der Waals surface area contributed by atoms with Crippen molar-refractivity contribution < 1.29 is 27.9 Å². The van der Waals surface area contributed by atoms with Gasteiger partial charge in [-0.25, -0.2) is 0 Å². The number of hydrogen-bond acceptors (Lipinski definition) is 8. The highest BCUT2D eigenvalue weighted by atomic mass is 28.4. The molecule has 0 fully saturated rings. The van der Waals surface area contributed by atoms with Gasteiger partial charge in [0.2, 0.25) is 0 Å². The summed E-state index contributed by atoms with van der Waals surface area (Å²) in [6, 6.07) is 0. The number of rotatable bonds is 47. The quantitative estimate of drug-likeness (QED) is 0.0366. The summed E-state index contributed by atoms with van der Waals surface area (Å²) < 4.78 is 26.3. The summed E-state index contributed by atoms with van der Waals surface area (Å²) in [5.74, 6) is 0.0353. The van der Waals surface area contributed by atoms with Gasteiger partial charge >= 0.3 is 11.9 Å². The third-order valence-electron chi connectivity index (χ3n) is 15.4. The van der Waals surface area contributed by atoms with Crippen LogP contribution in [0.1, 0.15) is 268 Å². The predicted octanol–water partition coefficient (Wildman–Crippen LogP) is 17.3. The topological polar surface area (TPSA) is 100 Å². The normalized spacial score (nSPS) is 13.7. The van der Waals surface area contributed by atoms with Gasteiger partial charge in [-0.05, 0) is 114 Å². The van der Waals surface area contributed by atoms with Crippen molar-refractivity contribution in [3.8, 4) is 0 Å². The molecule has 0 rings (SSSR count). The average Bonchev–Trinajstić information content (AvgIpc) is 3.26. The smallest absolute Gasteiger partial charge is 0.308 e. The zero-order valence-corrected chi connectivity index (χ0v) is 50.1. The van der Waals surface area contributed by atoms with Gasteiger partial charge in [-0.1, -0.05) is 197 Å². The van der Waals surface area contributed by atoms with Crippen LogP contribution < -0.4 is 5.73 Å². The van der Waals surface area contributed by atoms with E-state index in [-0.39, 0.29) is 40.1 Å². The summed E-state index contributed by atoms with van der Waals surface area (Å²) in [6.45, 7) is 34.5.